The van der Waals surface area contributed by atoms with Crippen molar-refractivity contribution in [3.05, 3.63) is 47.0 Å². The molecule has 0 unspecified atom stereocenters. The van der Waals surface area contributed by atoms with Crippen LogP contribution >= 0.6 is 0 Å². The molecule has 0 amide bonds. The predicted octanol–water partition coefficient (Wildman–Crippen LogP) is 2.52. The average molecular weight is 332 g/mol. The van der Waals surface area contributed by atoms with Gasteiger partial charge in [-0.25, -0.2) is 4.79 Å². The third-order valence-electron chi connectivity index (χ3n) is 4.09. The van der Waals surface area contributed by atoms with Gasteiger partial charge in [0.2, 0.25) is 5.78 Å². The zero-order chi connectivity index (χ0) is 17.7. The number of nitrogens with zero attached hydrogens (tertiary/aromatic N) is 2. The highest BCUT2D eigenvalue weighted by molar-refractivity contribution is 6.00. The van der Waals surface area contributed by atoms with Crippen LogP contribution in [0.4, 0.5) is 0 Å². The molecular weight excluding hydrogens is 308 g/mol. The second kappa shape index (κ2) is 7.97. The first-order valence-corrected chi connectivity index (χ1v) is 7.93. The first kappa shape index (κ1) is 18.0. The standard InChI is InChI=1S/C18H24N2O4/c1-13-11-15(14(2)20(13)9-6-10-23-4)17(21)12-24-18(22)16-7-5-8-19(16)3/h5,7-8,11H,6,9-10,12H2,1-4H3. The van der Waals surface area contributed by atoms with Gasteiger partial charge in [0.25, 0.3) is 0 Å². The lowest BCUT2D eigenvalue weighted by atomic mass is 10.1. The number of Topliss-reactive ketones (excluding diaryl/α,β-unsaturated/α-hetero) is 1. The summed E-state index contributed by atoms with van der Waals surface area (Å²) in [6.45, 7) is 5.08. The molecule has 0 aromatic carbocycles. The van der Waals surface area contributed by atoms with Gasteiger partial charge in [0.1, 0.15) is 5.69 Å². The van der Waals surface area contributed by atoms with Crippen molar-refractivity contribution in [1.29, 1.82) is 0 Å². The van der Waals surface area contributed by atoms with Crippen LogP contribution in [0.2, 0.25) is 0 Å². The van der Waals surface area contributed by atoms with E-state index in [0.29, 0.717) is 17.9 Å². The minimum Gasteiger partial charge on any atom is -0.453 e. The summed E-state index contributed by atoms with van der Waals surface area (Å²) in [4.78, 5) is 24.4. The molecule has 0 radical (unpaired) electrons. The maximum atomic E-state index is 12.4. The van der Waals surface area contributed by atoms with Gasteiger partial charge in [0.05, 0.1) is 0 Å². The lowest BCUT2D eigenvalue weighted by molar-refractivity contribution is 0.0465. The van der Waals surface area contributed by atoms with Crippen LogP contribution in [-0.2, 0) is 23.1 Å². The SMILES string of the molecule is COCCCn1c(C)cc(C(=O)COC(=O)c2cccn2C)c1C. The molecule has 2 aromatic heterocycles. The number of aryl methyl sites for hydroxylation is 2. The number of rotatable bonds is 8. The van der Waals surface area contributed by atoms with E-state index >= 15 is 0 Å². The van der Waals surface area contributed by atoms with E-state index < -0.39 is 5.97 Å². The first-order chi connectivity index (χ1) is 11.5. The molecule has 0 saturated heterocycles. The van der Waals surface area contributed by atoms with Crippen LogP contribution in [0.25, 0.3) is 0 Å². The minimum atomic E-state index is -0.496. The second-order valence-corrected chi connectivity index (χ2v) is 5.79. The molecule has 6 heteroatoms. The highest BCUT2D eigenvalue weighted by Gasteiger charge is 2.18. The average Bonchev–Trinajstić information content (AvgIpc) is 3.10. The number of hydrogen-bond donors (Lipinski definition) is 0. The van der Waals surface area contributed by atoms with E-state index in [2.05, 4.69) is 4.57 Å². The summed E-state index contributed by atoms with van der Waals surface area (Å²) >= 11 is 0. The molecule has 0 aliphatic carbocycles. The van der Waals surface area contributed by atoms with Crippen LogP contribution in [0.1, 0.15) is 38.7 Å². The van der Waals surface area contributed by atoms with Crippen molar-refractivity contribution in [2.24, 2.45) is 7.05 Å². The molecule has 0 bridgehead atoms. The van der Waals surface area contributed by atoms with Crippen LogP contribution in [0.5, 0.6) is 0 Å². The number of aromatic nitrogens is 2. The van der Waals surface area contributed by atoms with Crippen molar-refractivity contribution < 1.29 is 19.1 Å². The van der Waals surface area contributed by atoms with Crippen molar-refractivity contribution in [2.45, 2.75) is 26.8 Å². The second-order valence-electron chi connectivity index (χ2n) is 5.79. The summed E-state index contributed by atoms with van der Waals surface area (Å²) in [6.07, 6.45) is 2.63. The lowest BCUT2D eigenvalue weighted by Crippen LogP contribution is -2.17. The Labute approximate surface area is 142 Å². The number of hydrogen-bond acceptors (Lipinski definition) is 4. The Morgan fingerprint density at radius 2 is 2.00 bits per heavy atom. The smallest absolute Gasteiger partial charge is 0.355 e. The van der Waals surface area contributed by atoms with E-state index in [-0.39, 0.29) is 12.4 Å². The van der Waals surface area contributed by atoms with Gasteiger partial charge in [-0.15, -0.1) is 0 Å². The van der Waals surface area contributed by atoms with Gasteiger partial charge in [0, 0.05) is 50.5 Å². The summed E-state index contributed by atoms with van der Waals surface area (Å²) in [5.74, 6) is -0.687. The van der Waals surface area contributed by atoms with E-state index in [1.54, 1.807) is 37.1 Å². The fraction of sp³-hybridized carbons (Fsp3) is 0.444. The molecule has 0 aliphatic rings. The Balaban J connectivity index is 2.01. The highest BCUT2D eigenvalue weighted by Crippen LogP contribution is 2.17. The van der Waals surface area contributed by atoms with Gasteiger partial charge in [-0.1, -0.05) is 0 Å². The van der Waals surface area contributed by atoms with Crippen LogP contribution in [0.15, 0.2) is 24.4 Å². The molecule has 0 spiro atoms. The molecule has 0 N–H and O–H groups in total. The van der Waals surface area contributed by atoms with Gasteiger partial charge in [-0.3, -0.25) is 4.79 Å². The molecule has 0 fully saturated rings. The fourth-order valence-corrected chi connectivity index (χ4v) is 2.75. The summed E-state index contributed by atoms with van der Waals surface area (Å²) in [5, 5.41) is 0. The molecule has 2 heterocycles. The zero-order valence-corrected chi connectivity index (χ0v) is 14.7. The normalized spacial score (nSPS) is 10.8. The number of carbonyl (C=O) groups excluding carboxylic acids is 2. The number of ether oxygens (including phenoxy) is 2. The van der Waals surface area contributed by atoms with E-state index in [0.717, 1.165) is 24.4 Å². The Bertz CT molecular complexity index is 727. The Morgan fingerprint density at radius 1 is 1.25 bits per heavy atom. The van der Waals surface area contributed by atoms with Crippen molar-refractivity contribution >= 4 is 11.8 Å². The van der Waals surface area contributed by atoms with E-state index in [9.17, 15) is 9.59 Å². The van der Waals surface area contributed by atoms with Crippen molar-refractivity contribution in [3.63, 3.8) is 0 Å². The van der Waals surface area contributed by atoms with Crippen LogP contribution in [-0.4, -0.2) is 41.2 Å². The van der Waals surface area contributed by atoms with Gasteiger partial charge < -0.3 is 18.6 Å². The molecule has 24 heavy (non-hydrogen) atoms. The van der Waals surface area contributed by atoms with Gasteiger partial charge in [-0.2, -0.15) is 0 Å². The van der Waals surface area contributed by atoms with Gasteiger partial charge in [-0.05, 0) is 38.5 Å². The van der Waals surface area contributed by atoms with Gasteiger partial charge >= 0.3 is 5.97 Å². The van der Waals surface area contributed by atoms with E-state index in [1.165, 1.54) is 0 Å². The minimum absolute atomic E-state index is 0.191. The van der Waals surface area contributed by atoms with E-state index in [1.807, 2.05) is 19.9 Å². The largest absolute Gasteiger partial charge is 0.453 e. The fourth-order valence-electron chi connectivity index (χ4n) is 2.75. The quantitative estimate of drug-likeness (QED) is 0.423. The predicted molar refractivity (Wildman–Crippen MR) is 90.4 cm³/mol. The molecule has 0 saturated carbocycles. The molecular formula is C18H24N2O4. The summed E-state index contributed by atoms with van der Waals surface area (Å²) < 4.78 is 14.0. The highest BCUT2D eigenvalue weighted by atomic mass is 16.5. The number of carbonyl (C=O) groups is 2. The Morgan fingerprint density at radius 3 is 2.62 bits per heavy atom. The molecule has 0 atom stereocenters. The zero-order valence-electron chi connectivity index (χ0n) is 14.7. The monoisotopic (exact) mass is 332 g/mol. The Kier molecular flexibility index (Phi) is 5.98. The molecule has 130 valence electrons. The maximum absolute atomic E-state index is 12.4. The van der Waals surface area contributed by atoms with Crippen molar-refractivity contribution in [3.8, 4) is 0 Å². The first-order valence-electron chi connectivity index (χ1n) is 7.93. The topological polar surface area (TPSA) is 62.5 Å². The van der Waals surface area contributed by atoms with Crippen molar-refractivity contribution in [2.75, 3.05) is 20.3 Å². The van der Waals surface area contributed by atoms with Crippen LogP contribution in [0.3, 0.4) is 0 Å². The molecule has 6 nitrogen and oxygen atoms in total. The Hall–Kier alpha value is -2.34. The van der Waals surface area contributed by atoms with Gasteiger partial charge in [0.15, 0.2) is 6.61 Å². The summed E-state index contributed by atoms with van der Waals surface area (Å²) in [6, 6.07) is 5.27. The third-order valence-corrected chi connectivity index (χ3v) is 4.09. The number of methoxy groups -OCH3 is 1. The number of esters is 1. The summed E-state index contributed by atoms with van der Waals surface area (Å²) in [7, 11) is 3.43. The van der Waals surface area contributed by atoms with E-state index in [4.69, 9.17) is 9.47 Å². The molecule has 0 aliphatic heterocycles. The lowest BCUT2D eigenvalue weighted by Gasteiger charge is -2.09. The summed E-state index contributed by atoms with van der Waals surface area (Å²) in [5.41, 5.74) is 2.93. The molecule has 2 aromatic rings. The van der Waals surface area contributed by atoms with Crippen LogP contribution < -0.4 is 0 Å². The molecule has 2 rings (SSSR count). The van der Waals surface area contributed by atoms with Crippen LogP contribution in [0, 0.1) is 13.8 Å². The van der Waals surface area contributed by atoms with Crippen molar-refractivity contribution in [1.82, 2.24) is 9.13 Å². The maximum Gasteiger partial charge on any atom is 0.355 e. The number of ketones is 1. The third kappa shape index (κ3) is 3.94.